The molecule has 0 fully saturated rings. The number of carbonyl (C=O) groups is 1. The first-order valence-corrected chi connectivity index (χ1v) is 5.37. The molecule has 98 valence electrons. The highest BCUT2D eigenvalue weighted by atomic mass is 19.1. The molecule has 0 atom stereocenters. The van der Waals surface area contributed by atoms with Crippen LogP contribution in [-0.2, 0) is 4.79 Å². The van der Waals surface area contributed by atoms with E-state index in [1.807, 2.05) is 13.8 Å². The van der Waals surface area contributed by atoms with E-state index >= 15 is 0 Å². The van der Waals surface area contributed by atoms with Crippen molar-refractivity contribution in [3.05, 3.63) is 34.1 Å². The van der Waals surface area contributed by atoms with Crippen molar-refractivity contribution in [2.75, 3.05) is 11.9 Å². The van der Waals surface area contributed by atoms with Crippen LogP contribution in [0.2, 0.25) is 0 Å². The van der Waals surface area contributed by atoms with Gasteiger partial charge in [0.1, 0.15) is 0 Å². The number of halogens is 1. The van der Waals surface area contributed by atoms with E-state index in [9.17, 15) is 19.3 Å². The maximum Gasteiger partial charge on any atom is 0.306 e. The lowest BCUT2D eigenvalue weighted by molar-refractivity contribution is -0.387. The van der Waals surface area contributed by atoms with Crippen LogP contribution in [0, 0.1) is 15.9 Å². The van der Waals surface area contributed by atoms with Crippen molar-refractivity contribution in [1.29, 1.82) is 0 Å². The lowest BCUT2D eigenvalue weighted by atomic mass is 10.2. The molecule has 1 amide bonds. The highest BCUT2D eigenvalue weighted by Crippen LogP contribution is 2.21. The van der Waals surface area contributed by atoms with Crippen molar-refractivity contribution in [3.63, 3.8) is 0 Å². The predicted octanol–water partition coefficient (Wildman–Crippen LogP) is 1.67. The van der Waals surface area contributed by atoms with Crippen molar-refractivity contribution >= 4 is 17.3 Å². The number of nitrogens with zero attached hydrogens (tertiary/aromatic N) is 1. The van der Waals surface area contributed by atoms with Crippen LogP contribution >= 0.6 is 0 Å². The zero-order chi connectivity index (χ0) is 13.7. The maximum atomic E-state index is 13.0. The van der Waals surface area contributed by atoms with Crippen molar-refractivity contribution in [2.24, 2.45) is 0 Å². The Morgan fingerprint density at radius 1 is 1.50 bits per heavy atom. The molecule has 0 saturated heterocycles. The molecule has 0 radical (unpaired) electrons. The molecular weight excluding hydrogens is 241 g/mol. The van der Waals surface area contributed by atoms with Gasteiger partial charge in [-0.2, -0.15) is 4.39 Å². The van der Waals surface area contributed by atoms with Crippen molar-refractivity contribution in [3.8, 4) is 0 Å². The zero-order valence-electron chi connectivity index (χ0n) is 10.1. The average Bonchev–Trinajstić information content (AvgIpc) is 2.28. The van der Waals surface area contributed by atoms with Crippen LogP contribution in [0.25, 0.3) is 0 Å². The normalized spacial score (nSPS) is 10.4. The number of nitrogens with one attached hydrogen (secondary N) is 2. The molecule has 0 saturated carbocycles. The Morgan fingerprint density at radius 2 is 2.17 bits per heavy atom. The van der Waals surface area contributed by atoms with Crippen LogP contribution in [0.1, 0.15) is 13.8 Å². The Bertz CT molecular complexity index is 463. The number of nitro benzene ring substituents is 1. The summed E-state index contributed by atoms with van der Waals surface area (Å²) in [7, 11) is 0. The number of amides is 1. The third-order valence-electron chi connectivity index (χ3n) is 2.10. The van der Waals surface area contributed by atoms with Gasteiger partial charge >= 0.3 is 5.69 Å². The molecule has 0 spiro atoms. The maximum absolute atomic E-state index is 13.0. The molecule has 0 unspecified atom stereocenters. The summed E-state index contributed by atoms with van der Waals surface area (Å²) in [5.74, 6) is -1.28. The first kappa shape index (κ1) is 14.0. The first-order valence-electron chi connectivity index (χ1n) is 5.37. The SMILES string of the molecule is CC(C)NCC(=O)Nc1ccc(F)c([N+](=O)[O-])c1. The fourth-order valence-corrected chi connectivity index (χ4v) is 1.23. The van der Waals surface area contributed by atoms with Gasteiger partial charge in [0.2, 0.25) is 11.7 Å². The Labute approximate surface area is 103 Å². The molecule has 6 nitrogen and oxygen atoms in total. The quantitative estimate of drug-likeness (QED) is 0.619. The second-order valence-corrected chi connectivity index (χ2v) is 4.01. The van der Waals surface area contributed by atoms with Gasteiger partial charge in [0, 0.05) is 17.8 Å². The fourth-order valence-electron chi connectivity index (χ4n) is 1.23. The number of rotatable bonds is 5. The summed E-state index contributed by atoms with van der Waals surface area (Å²) in [4.78, 5) is 21.1. The number of hydrogen-bond acceptors (Lipinski definition) is 4. The number of anilines is 1. The largest absolute Gasteiger partial charge is 0.325 e. The van der Waals surface area contributed by atoms with Crippen LogP contribution in [0.15, 0.2) is 18.2 Å². The Balaban J connectivity index is 2.70. The Kier molecular flexibility index (Phi) is 4.73. The molecule has 0 heterocycles. The van der Waals surface area contributed by atoms with Crippen molar-refractivity contribution < 1.29 is 14.1 Å². The van der Waals surface area contributed by atoms with E-state index < -0.39 is 16.4 Å². The number of carbonyl (C=O) groups excluding carboxylic acids is 1. The summed E-state index contributed by atoms with van der Waals surface area (Å²) in [6.45, 7) is 3.86. The van der Waals surface area contributed by atoms with E-state index in [1.165, 1.54) is 6.07 Å². The lowest BCUT2D eigenvalue weighted by Crippen LogP contribution is -2.32. The van der Waals surface area contributed by atoms with E-state index in [-0.39, 0.29) is 24.2 Å². The summed E-state index contributed by atoms with van der Waals surface area (Å²) in [5.41, 5.74) is -0.469. The number of benzene rings is 1. The van der Waals surface area contributed by atoms with Gasteiger partial charge in [-0.05, 0) is 12.1 Å². The number of hydrogen-bond donors (Lipinski definition) is 2. The molecule has 7 heteroatoms. The molecule has 0 aliphatic carbocycles. The van der Waals surface area contributed by atoms with Gasteiger partial charge in [0.05, 0.1) is 11.5 Å². The van der Waals surface area contributed by atoms with Crippen LogP contribution in [0.4, 0.5) is 15.8 Å². The van der Waals surface area contributed by atoms with Crippen molar-refractivity contribution in [2.45, 2.75) is 19.9 Å². The van der Waals surface area contributed by atoms with Crippen molar-refractivity contribution in [1.82, 2.24) is 5.32 Å². The van der Waals surface area contributed by atoms with Crippen LogP contribution < -0.4 is 10.6 Å². The van der Waals surface area contributed by atoms with E-state index in [2.05, 4.69) is 10.6 Å². The molecule has 0 aromatic heterocycles. The molecule has 1 aromatic rings. The highest BCUT2D eigenvalue weighted by Gasteiger charge is 2.15. The fraction of sp³-hybridized carbons (Fsp3) is 0.364. The topological polar surface area (TPSA) is 84.3 Å². The summed E-state index contributed by atoms with van der Waals surface area (Å²) in [6, 6.07) is 3.36. The highest BCUT2D eigenvalue weighted by molar-refractivity contribution is 5.92. The third kappa shape index (κ3) is 4.10. The van der Waals surface area contributed by atoms with E-state index in [1.54, 1.807) is 0 Å². The van der Waals surface area contributed by atoms with Gasteiger partial charge < -0.3 is 10.6 Å². The van der Waals surface area contributed by atoms with Gasteiger partial charge in [-0.15, -0.1) is 0 Å². The molecule has 0 aliphatic rings. The summed E-state index contributed by atoms with van der Waals surface area (Å²) in [6.07, 6.45) is 0. The molecular formula is C11H14FN3O3. The van der Waals surface area contributed by atoms with Crippen LogP contribution in [0.5, 0.6) is 0 Å². The summed E-state index contributed by atoms with van der Waals surface area (Å²) < 4.78 is 13.0. The standard InChI is InChI=1S/C11H14FN3O3/c1-7(2)13-6-11(16)14-8-3-4-9(12)10(5-8)15(17)18/h3-5,7,13H,6H2,1-2H3,(H,14,16). The molecule has 1 rings (SSSR count). The number of nitro groups is 1. The Morgan fingerprint density at radius 3 is 2.72 bits per heavy atom. The van der Waals surface area contributed by atoms with Gasteiger partial charge in [-0.1, -0.05) is 13.8 Å². The summed E-state index contributed by atoms with van der Waals surface area (Å²) in [5, 5.41) is 15.9. The van der Waals surface area contributed by atoms with Crippen LogP contribution in [-0.4, -0.2) is 23.4 Å². The molecule has 2 N–H and O–H groups in total. The van der Waals surface area contributed by atoms with E-state index in [4.69, 9.17) is 0 Å². The smallest absolute Gasteiger partial charge is 0.306 e. The minimum Gasteiger partial charge on any atom is -0.325 e. The molecule has 0 bridgehead atoms. The second kappa shape index (κ2) is 6.06. The lowest BCUT2D eigenvalue weighted by Gasteiger charge is -2.08. The van der Waals surface area contributed by atoms with E-state index in [0.29, 0.717) is 0 Å². The third-order valence-corrected chi connectivity index (χ3v) is 2.10. The second-order valence-electron chi connectivity index (χ2n) is 4.01. The van der Waals surface area contributed by atoms with Gasteiger partial charge in [-0.3, -0.25) is 14.9 Å². The molecule has 0 aliphatic heterocycles. The Hall–Kier alpha value is -2.02. The minimum absolute atomic E-state index is 0.0862. The van der Waals surface area contributed by atoms with E-state index in [0.717, 1.165) is 12.1 Å². The van der Waals surface area contributed by atoms with Gasteiger partial charge in [-0.25, -0.2) is 0 Å². The first-order chi connectivity index (χ1) is 8.40. The minimum atomic E-state index is -0.932. The van der Waals surface area contributed by atoms with Gasteiger partial charge in [0.25, 0.3) is 0 Å². The summed E-state index contributed by atoms with van der Waals surface area (Å²) >= 11 is 0. The molecule has 18 heavy (non-hydrogen) atoms. The monoisotopic (exact) mass is 255 g/mol. The molecule has 1 aromatic carbocycles. The van der Waals surface area contributed by atoms with Crippen LogP contribution in [0.3, 0.4) is 0 Å². The average molecular weight is 255 g/mol. The predicted molar refractivity (Wildman–Crippen MR) is 64.8 cm³/mol. The van der Waals surface area contributed by atoms with Gasteiger partial charge in [0.15, 0.2) is 0 Å². The zero-order valence-corrected chi connectivity index (χ0v) is 10.1.